The Morgan fingerprint density at radius 3 is 2.49 bits per heavy atom. The minimum atomic E-state index is -0.937. The molecule has 3 N–H and O–H groups in total. The first-order valence-corrected chi connectivity index (χ1v) is 14.2. The van der Waals surface area contributed by atoms with E-state index in [1.807, 2.05) is 12.1 Å². The van der Waals surface area contributed by atoms with Gasteiger partial charge >= 0.3 is 18.1 Å². The Hall–Kier alpha value is -4.15. The summed E-state index contributed by atoms with van der Waals surface area (Å²) < 4.78 is 19.6. The van der Waals surface area contributed by atoms with Crippen LogP contribution in [0.1, 0.15) is 56.1 Å². The molecule has 0 aromatic heterocycles. The highest BCUT2D eigenvalue weighted by molar-refractivity contribution is 5.99. The second-order valence-corrected chi connectivity index (χ2v) is 11.0. The van der Waals surface area contributed by atoms with Gasteiger partial charge in [-0.25, -0.2) is 18.8 Å². The van der Waals surface area contributed by atoms with Gasteiger partial charge in [0.2, 0.25) is 5.91 Å². The third-order valence-corrected chi connectivity index (χ3v) is 8.24. The van der Waals surface area contributed by atoms with Crippen LogP contribution in [-0.2, 0) is 27.3 Å². The molecule has 1 saturated heterocycles. The largest absolute Gasteiger partial charge is 0.480 e. The Kier molecular flexibility index (Phi) is 8.70. The molecule has 0 radical (unpaired) electrons. The van der Waals surface area contributed by atoms with Crippen molar-refractivity contribution in [3.8, 4) is 0 Å². The lowest BCUT2D eigenvalue weighted by atomic mass is 9.85. The lowest BCUT2D eigenvalue weighted by molar-refractivity contribution is -0.148. The molecule has 2 aromatic carbocycles. The monoisotopic (exact) mass is 566 g/mol. The summed E-state index contributed by atoms with van der Waals surface area (Å²) >= 11 is 0. The van der Waals surface area contributed by atoms with Gasteiger partial charge in [-0.15, -0.1) is 0 Å². The first-order chi connectivity index (χ1) is 19.8. The molecule has 4 amide bonds. The number of anilines is 2. The van der Waals surface area contributed by atoms with Crippen LogP contribution in [0, 0.1) is 11.7 Å². The topological polar surface area (TPSA) is 128 Å². The predicted octanol–water partition coefficient (Wildman–Crippen LogP) is 4.99. The van der Waals surface area contributed by atoms with E-state index in [0.29, 0.717) is 57.4 Å². The molecular weight excluding hydrogens is 531 g/mol. The Bertz CT molecular complexity index is 1310. The number of amides is 4. The quantitative estimate of drug-likeness (QED) is 0.452. The maximum atomic E-state index is 13.8. The average molecular weight is 567 g/mol. The lowest BCUT2D eigenvalue weighted by Gasteiger charge is -2.33. The van der Waals surface area contributed by atoms with Gasteiger partial charge in [-0.2, -0.15) is 0 Å². The molecule has 2 aliphatic heterocycles. The van der Waals surface area contributed by atoms with Gasteiger partial charge in [0.25, 0.3) is 0 Å². The number of fused-ring (bicyclic) bond motifs is 1. The summed E-state index contributed by atoms with van der Waals surface area (Å²) in [5.41, 5.74) is 2.66. The number of rotatable bonds is 6. The van der Waals surface area contributed by atoms with Crippen molar-refractivity contribution >= 4 is 35.4 Å². The number of carboxylic acid groups (broad SMARTS) is 1. The zero-order chi connectivity index (χ0) is 28.9. The van der Waals surface area contributed by atoms with Gasteiger partial charge in [-0.05, 0) is 86.3 Å². The van der Waals surface area contributed by atoms with Gasteiger partial charge in [0.15, 0.2) is 0 Å². The number of halogens is 1. The molecule has 1 aliphatic carbocycles. The smallest absolute Gasteiger partial charge is 0.410 e. The number of carbonyl (C=O) groups excluding carboxylic acids is 3. The number of carbonyl (C=O) groups is 4. The molecule has 1 atom stereocenters. The van der Waals surface area contributed by atoms with Crippen LogP contribution in [-0.4, -0.2) is 64.1 Å². The summed E-state index contributed by atoms with van der Waals surface area (Å²) in [6.07, 6.45) is 4.51. The predicted molar refractivity (Wildman–Crippen MR) is 149 cm³/mol. The fourth-order valence-electron chi connectivity index (χ4n) is 5.99. The van der Waals surface area contributed by atoms with Crippen molar-refractivity contribution in [3.63, 3.8) is 0 Å². The highest BCUT2D eigenvalue weighted by Crippen LogP contribution is 2.31. The van der Waals surface area contributed by atoms with Gasteiger partial charge < -0.3 is 30.3 Å². The number of benzene rings is 2. The van der Waals surface area contributed by atoms with Gasteiger partial charge in [0, 0.05) is 31.7 Å². The molecule has 0 bridgehead atoms. The van der Waals surface area contributed by atoms with E-state index in [0.717, 1.165) is 30.4 Å². The Balaban J connectivity index is 1.06. The van der Waals surface area contributed by atoms with Gasteiger partial charge in [0.05, 0.1) is 5.69 Å². The molecule has 3 aliphatic rings. The molecule has 5 rings (SSSR count). The molecule has 2 fully saturated rings. The van der Waals surface area contributed by atoms with Crippen LogP contribution >= 0.6 is 0 Å². The molecule has 2 heterocycles. The van der Waals surface area contributed by atoms with E-state index in [1.54, 1.807) is 23.1 Å². The van der Waals surface area contributed by atoms with Crippen LogP contribution in [0.4, 0.5) is 25.4 Å². The standard InChI is InChI=1S/C30H35FN4O6/c31-24-4-1-2-5-25(24)33-29(39)32-22-10-9-21-18-34(15-13-20(21)17-22)30(40)41-23-11-7-19(8-12-23)16-27(36)35-14-3-6-26(35)28(37)38/h1-2,4-5,9-10,17,19,23,26H,3,6-8,11-16,18H2,(H,37,38)(H2,32,33,39). The maximum absolute atomic E-state index is 13.8. The first-order valence-electron chi connectivity index (χ1n) is 14.2. The van der Waals surface area contributed by atoms with Crippen molar-refractivity contribution in [2.75, 3.05) is 23.7 Å². The number of urea groups is 1. The Morgan fingerprint density at radius 1 is 0.951 bits per heavy atom. The molecule has 2 aromatic rings. The summed E-state index contributed by atoms with van der Waals surface area (Å²) in [6, 6.07) is 10.2. The number of carboxylic acids is 1. The highest BCUT2D eigenvalue weighted by atomic mass is 19.1. The fourth-order valence-corrected chi connectivity index (χ4v) is 5.99. The number of hydrogen-bond donors (Lipinski definition) is 3. The number of ether oxygens (including phenoxy) is 1. The zero-order valence-corrected chi connectivity index (χ0v) is 22.8. The summed E-state index contributed by atoms with van der Waals surface area (Å²) in [7, 11) is 0. The van der Waals surface area contributed by atoms with Crippen LogP contribution in [0.5, 0.6) is 0 Å². The van der Waals surface area contributed by atoms with Crippen LogP contribution < -0.4 is 10.6 Å². The Morgan fingerprint density at radius 2 is 1.73 bits per heavy atom. The SMILES string of the molecule is O=C(Nc1ccc2c(c1)CCN(C(=O)OC1CCC(CC(=O)N3CCCC3C(=O)O)CC1)C2)Nc1ccccc1F. The average Bonchev–Trinajstić information content (AvgIpc) is 3.46. The number of hydrogen-bond acceptors (Lipinski definition) is 5. The molecule has 11 heteroatoms. The zero-order valence-electron chi connectivity index (χ0n) is 22.8. The maximum Gasteiger partial charge on any atom is 0.410 e. The van der Waals surface area contributed by atoms with Crippen molar-refractivity contribution < 1.29 is 33.4 Å². The summed E-state index contributed by atoms with van der Waals surface area (Å²) in [5, 5.41) is 14.6. The normalized spacial score (nSPS) is 22.0. The lowest BCUT2D eigenvalue weighted by Crippen LogP contribution is -2.41. The molecule has 1 unspecified atom stereocenters. The van der Waals surface area contributed by atoms with Crippen LogP contribution in [0.2, 0.25) is 0 Å². The number of nitrogens with zero attached hydrogens (tertiary/aromatic N) is 2. The highest BCUT2D eigenvalue weighted by Gasteiger charge is 2.36. The molecule has 41 heavy (non-hydrogen) atoms. The third-order valence-electron chi connectivity index (χ3n) is 8.24. The minimum absolute atomic E-state index is 0.0913. The number of nitrogens with one attached hydrogen (secondary N) is 2. The minimum Gasteiger partial charge on any atom is -0.480 e. The van der Waals surface area contributed by atoms with E-state index in [9.17, 15) is 28.7 Å². The van der Waals surface area contributed by atoms with E-state index < -0.39 is 23.9 Å². The van der Waals surface area contributed by atoms with E-state index in [2.05, 4.69) is 10.6 Å². The summed E-state index contributed by atoms with van der Waals surface area (Å²) in [6.45, 7) is 1.39. The van der Waals surface area contributed by atoms with E-state index in [-0.39, 0.29) is 29.7 Å². The molecule has 0 spiro atoms. The van der Waals surface area contributed by atoms with Crippen molar-refractivity contribution in [1.82, 2.24) is 9.80 Å². The summed E-state index contributed by atoms with van der Waals surface area (Å²) in [4.78, 5) is 52.5. The number of para-hydroxylation sites is 1. The van der Waals surface area contributed by atoms with Crippen LogP contribution in [0.25, 0.3) is 0 Å². The second-order valence-electron chi connectivity index (χ2n) is 11.0. The van der Waals surface area contributed by atoms with Crippen molar-refractivity contribution in [3.05, 3.63) is 59.4 Å². The molecule has 218 valence electrons. The number of aliphatic carboxylic acids is 1. The van der Waals surface area contributed by atoms with E-state index in [4.69, 9.17) is 4.74 Å². The number of likely N-dealkylation sites (tertiary alicyclic amines) is 1. The van der Waals surface area contributed by atoms with Crippen molar-refractivity contribution in [2.45, 2.75) is 70.1 Å². The van der Waals surface area contributed by atoms with Gasteiger partial charge in [-0.1, -0.05) is 18.2 Å². The van der Waals surface area contributed by atoms with Crippen LogP contribution in [0.15, 0.2) is 42.5 Å². The van der Waals surface area contributed by atoms with Gasteiger partial charge in [-0.3, -0.25) is 4.79 Å². The van der Waals surface area contributed by atoms with Crippen molar-refractivity contribution in [2.24, 2.45) is 5.92 Å². The van der Waals surface area contributed by atoms with E-state index >= 15 is 0 Å². The molecular formula is C30H35FN4O6. The molecule has 10 nitrogen and oxygen atoms in total. The fraction of sp³-hybridized carbons (Fsp3) is 0.467. The summed E-state index contributed by atoms with van der Waals surface area (Å²) in [5.74, 6) is -1.37. The van der Waals surface area contributed by atoms with Crippen molar-refractivity contribution in [1.29, 1.82) is 0 Å². The first kappa shape index (κ1) is 28.4. The molecule has 1 saturated carbocycles. The van der Waals surface area contributed by atoms with Gasteiger partial charge in [0.1, 0.15) is 18.0 Å². The van der Waals surface area contributed by atoms with Crippen LogP contribution in [0.3, 0.4) is 0 Å². The Labute approximate surface area is 237 Å². The van der Waals surface area contributed by atoms with E-state index in [1.165, 1.54) is 17.0 Å². The third kappa shape index (κ3) is 6.96. The second kappa shape index (κ2) is 12.6.